The molecule has 0 spiro atoms. The van der Waals surface area contributed by atoms with Crippen molar-refractivity contribution in [2.45, 2.75) is 33.1 Å². The molecule has 0 radical (unpaired) electrons. The molecule has 0 rings (SSSR count). The van der Waals surface area contributed by atoms with Crippen LogP contribution in [0.5, 0.6) is 0 Å². The zero-order chi connectivity index (χ0) is 7.11. The van der Waals surface area contributed by atoms with Gasteiger partial charge in [-0.2, -0.15) is 0 Å². The van der Waals surface area contributed by atoms with E-state index in [1.54, 1.807) is 0 Å². The van der Waals surface area contributed by atoms with Gasteiger partial charge in [-0.05, 0) is 18.4 Å². The summed E-state index contributed by atoms with van der Waals surface area (Å²) in [6.45, 7) is 4.36. The van der Waals surface area contributed by atoms with E-state index < -0.39 is 0 Å². The second kappa shape index (κ2) is 5.67. The van der Waals surface area contributed by atoms with Crippen molar-refractivity contribution in [2.24, 2.45) is 5.92 Å². The summed E-state index contributed by atoms with van der Waals surface area (Å²) in [5.74, 6) is 0.758. The average Bonchev–Trinajstić information content (AvgIpc) is 1.91. The van der Waals surface area contributed by atoms with E-state index >= 15 is 0 Å². The largest absolute Gasteiger partial charge is 0.516 e. The van der Waals surface area contributed by atoms with Crippen LogP contribution in [0.2, 0.25) is 0 Å². The minimum Gasteiger partial charge on any atom is -0.516 e. The van der Waals surface area contributed by atoms with Gasteiger partial charge in [-0.3, -0.25) is 0 Å². The van der Waals surface area contributed by atoms with Gasteiger partial charge in [0.25, 0.3) is 0 Å². The lowest BCUT2D eigenvalue weighted by Gasteiger charge is -2.06. The topological polar surface area (TPSA) is 20.2 Å². The van der Waals surface area contributed by atoms with Crippen LogP contribution in [0.1, 0.15) is 33.1 Å². The molecule has 0 fully saturated rings. The van der Waals surface area contributed by atoms with Gasteiger partial charge >= 0.3 is 0 Å². The van der Waals surface area contributed by atoms with E-state index in [2.05, 4.69) is 13.8 Å². The number of aliphatic hydroxyl groups excluding tert-OH is 1. The SMILES string of the molecule is CCC(CC)CC=CO. The van der Waals surface area contributed by atoms with Gasteiger partial charge in [-0.15, -0.1) is 0 Å². The molecule has 9 heavy (non-hydrogen) atoms. The van der Waals surface area contributed by atoms with Crippen LogP contribution in [0, 0.1) is 5.92 Å². The maximum absolute atomic E-state index is 8.33. The molecule has 0 aromatic rings. The molecule has 0 aliphatic heterocycles. The summed E-state index contributed by atoms with van der Waals surface area (Å²) in [6.07, 6.45) is 6.39. The van der Waals surface area contributed by atoms with Crippen molar-refractivity contribution in [3.8, 4) is 0 Å². The zero-order valence-electron chi connectivity index (χ0n) is 6.30. The maximum Gasteiger partial charge on any atom is 0.0751 e. The van der Waals surface area contributed by atoms with Crippen molar-refractivity contribution in [2.75, 3.05) is 0 Å². The summed E-state index contributed by atoms with van der Waals surface area (Å²) in [4.78, 5) is 0. The highest BCUT2D eigenvalue weighted by atomic mass is 16.2. The molecule has 0 saturated heterocycles. The summed E-state index contributed by atoms with van der Waals surface area (Å²) >= 11 is 0. The number of allylic oxidation sites excluding steroid dienone is 1. The molecule has 1 heteroatoms. The summed E-state index contributed by atoms with van der Waals surface area (Å²) in [5, 5.41) is 8.33. The van der Waals surface area contributed by atoms with Crippen LogP contribution >= 0.6 is 0 Å². The first-order chi connectivity index (χ1) is 4.35. The number of hydrogen-bond donors (Lipinski definition) is 1. The van der Waals surface area contributed by atoms with Gasteiger partial charge in [0.15, 0.2) is 0 Å². The molecule has 0 aliphatic rings. The molecule has 0 aliphatic carbocycles. The van der Waals surface area contributed by atoms with Gasteiger partial charge in [0.1, 0.15) is 0 Å². The van der Waals surface area contributed by atoms with E-state index in [0.29, 0.717) is 0 Å². The summed E-state index contributed by atoms with van der Waals surface area (Å²) in [7, 11) is 0. The standard InChI is InChI=1S/C8H16O/c1-3-8(4-2)6-5-7-9/h5,7-9H,3-4,6H2,1-2H3. The Hall–Kier alpha value is -0.460. The van der Waals surface area contributed by atoms with Gasteiger partial charge in [0.2, 0.25) is 0 Å². The molecule has 0 atom stereocenters. The van der Waals surface area contributed by atoms with Gasteiger partial charge in [0.05, 0.1) is 6.26 Å². The fourth-order valence-corrected chi connectivity index (χ4v) is 0.875. The third-order valence-electron chi connectivity index (χ3n) is 1.73. The highest BCUT2D eigenvalue weighted by Crippen LogP contribution is 2.11. The Labute approximate surface area is 57.4 Å². The fourth-order valence-electron chi connectivity index (χ4n) is 0.875. The minimum atomic E-state index is 0.758. The molecule has 0 aromatic heterocycles. The summed E-state index contributed by atoms with van der Waals surface area (Å²) in [5.41, 5.74) is 0. The Morgan fingerprint density at radius 1 is 1.33 bits per heavy atom. The van der Waals surface area contributed by atoms with Crippen molar-refractivity contribution in [3.05, 3.63) is 12.3 Å². The molecular weight excluding hydrogens is 112 g/mol. The Morgan fingerprint density at radius 2 is 1.89 bits per heavy atom. The third-order valence-corrected chi connectivity index (χ3v) is 1.73. The van der Waals surface area contributed by atoms with Crippen molar-refractivity contribution in [3.63, 3.8) is 0 Å². The number of rotatable bonds is 4. The van der Waals surface area contributed by atoms with Gasteiger partial charge in [0, 0.05) is 0 Å². The van der Waals surface area contributed by atoms with Crippen molar-refractivity contribution >= 4 is 0 Å². The van der Waals surface area contributed by atoms with Crippen molar-refractivity contribution in [1.29, 1.82) is 0 Å². The number of aliphatic hydroxyl groups is 1. The van der Waals surface area contributed by atoms with Crippen LogP contribution in [0.25, 0.3) is 0 Å². The predicted molar refractivity (Wildman–Crippen MR) is 40.5 cm³/mol. The molecule has 0 amide bonds. The molecule has 1 N–H and O–H groups in total. The Balaban J connectivity index is 3.31. The van der Waals surface area contributed by atoms with Crippen molar-refractivity contribution in [1.82, 2.24) is 0 Å². The Morgan fingerprint density at radius 3 is 2.22 bits per heavy atom. The average molecular weight is 128 g/mol. The Kier molecular flexibility index (Phi) is 5.38. The van der Waals surface area contributed by atoms with Crippen LogP contribution in [-0.4, -0.2) is 5.11 Å². The third kappa shape index (κ3) is 4.07. The van der Waals surface area contributed by atoms with Crippen LogP contribution in [-0.2, 0) is 0 Å². The molecule has 0 heterocycles. The molecule has 0 saturated carbocycles. The van der Waals surface area contributed by atoms with E-state index in [1.807, 2.05) is 6.08 Å². The van der Waals surface area contributed by atoms with E-state index in [1.165, 1.54) is 12.8 Å². The predicted octanol–water partition coefficient (Wildman–Crippen LogP) is 2.88. The van der Waals surface area contributed by atoms with Crippen LogP contribution in [0.4, 0.5) is 0 Å². The van der Waals surface area contributed by atoms with Crippen LogP contribution < -0.4 is 0 Å². The zero-order valence-corrected chi connectivity index (χ0v) is 6.30. The molecule has 54 valence electrons. The van der Waals surface area contributed by atoms with Crippen molar-refractivity contribution < 1.29 is 5.11 Å². The first-order valence-electron chi connectivity index (χ1n) is 3.64. The van der Waals surface area contributed by atoms with E-state index in [-0.39, 0.29) is 0 Å². The van der Waals surface area contributed by atoms with Gasteiger partial charge in [-0.1, -0.05) is 26.7 Å². The normalized spacial score (nSPS) is 11.4. The highest BCUT2D eigenvalue weighted by molar-refractivity contribution is 4.75. The van der Waals surface area contributed by atoms with Crippen LogP contribution in [0.3, 0.4) is 0 Å². The summed E-state index contributed by atoms with van der Waals surface area (Å²) in [6, 6.07) is 0. The second-order valence-corrected chi connectivity index (χ2v) is 2.30. The molecule has 0 bridgehead atoms. The monoisotopic (exact) mass is 128 g/mol. The highest BCUT2D eigenvalue weighted by Gasteiger charge is 1.98. The lowest BCUT2D eigenvalue weighted by molar-refractivity contribution is 0.455. The van der Waals surface area contributed by atoms with E-state index in [9.17, 15) is 0 Å². The quantitative estimate of drug-likeness (QED) is 0.577. The summed E-state index contributed by atoms with van der Waals surface area (Å²) < 4.78 is 0. The lowest BCUT2D eigenvalue weighted by atomic mass is 10.00. The molecule has 0 unspecified atom stereocenters. The molecule has 1 nitrogen and oxygen atoms in total. The smallest absolute Gasteiger partial charge is 0.0751 e. The minimum absolute atomic E-state index is 0.758. The van der Waals surface area contributed by atoms with Crippen LogP contribution in [0.15, 0.2) is 12.3 Å². The lowest BCUT2D eigenvalue weighted by Crippen LogP contribution is -1.93. The molecule has 0 aromatic carbocycles. The van der Waals surface area contributed by atoms with Gasteiger partial charge in [-0.25, -0.2) is 0 Å². The first-order valence-corrected chi connectivity index (χ1v) is 3.64. The maximum atomic E-state index is 8.33. The second-order valence-electron chi connectivity index (χ2n) is 2.30. The molecular formula is C8H16O. The van der Waals surface area contributed by atoms with Gasteiger partial charge < -0.3 is 5.11 Å². The first kappa shape index (κ1) is 8.54. The van der Waals surface area contributed by atoms with E-state index in [4.69, 9.17) is 5.11 Å². The van der Waals surface area contributed by atoms with E-state index in [0.717, 1.165) is 18.6 Å². The number of hydrogen-bond acceptors (Lipinski definition) is 1. The fraction of sp³-hybridized carbons (Fsp3) is 0.750. The Bertz CT molecular complexity index is 72.6.